The van der Waals surface area contributed by atoms with Crippen molar-refractivity contribution in [3.8, 4) is 0 Å². The Morgan fingerprint density at radius 1 is 1.64 bits per heavy atom. The zero-order valence-electron chi connectivity index (χ0n) is 7.02. The molecular weight excluding hydrogens is 158 g/mol. The predicted molar refractivity (Wildman–Crippen MR) is 51.3 cm³/mol. The second-order valence-corrected chi connectivity index (χ2v) is 2.60. The van der Waals surface area contributed by atoms with Gasteiger partial charge in [0, 0.05) is 16.3 Å². The van der Waals surface area contributed by atoms with Gasteiger partial charge in [0.25, 0.3) is 0 Å². The van der Waals surface area contributed by atoms with Crippen LogP contribution in [0.4, 0.5) is 0 Å². The lowest BCUT2D eigenvalue weighted by molar-refractivity contribution is 1.20. The third kappa shape index (κ3) is 3.28. The summed E-state index contributed by atoms with van der Waals surface area (Å²) in [4.78, 5) is 0. The topological polar surface area (TPSA) is 26.0 Å². The van der Waals surface area contributed by atoms with Crippen molar-refractivity contribution in [1.82, 2.24) is 0 Å². The molecule has 11 heavy (non-hydrogen) atoms. The van der Waals surface area contributed by atoms with Crippen LogP contribution in [0, 0.1) is 0 Å². The lowest BCUT2D eigenvalue weighted by Crippen LogP contribution is -1.98. The van der Waals surface area contributed by atoms with Gasteiger partial charge in [0.1, 0.15) is 0 Å². The minimum Gasteiger partial charge on any atom is -0.399 e. The van der Waals surface area contributed by atoms with E-state index < -0.39 is 0 Å². The van der Waals surface area contributed by atoms with Crippen molar-refractivity contribution < 1.29 is 0 Å². The molecule has 0 spiro atoms. The third-order valence-corrected chi connectivity index (χ3v) is 1.63. The molecule has 0 rings (SSSR count). The molecule has 0 aliphatic rings. The fourth-order valence-corrected chi connectivity index (χ4v) is 1.15. The molecule has 2 N–H and O–H groups in total. The van der Waals surface area contributed by atoms with Gasteiger partial charge >= 0.3 is 0 Å². The summed E-state index contributed by atoms with van der Waals surface area (Å²) in [5, 5.41) is 0.683. The summed E-state index contributed by atoms with van der Waals surface area (Å²) in [5.74, 6) is 0. The third-order valence-electron chi connectivity index (χ3n) is 1.28. The van der Waals surface area contributed by atoms with Crippen molar-refractivity contribution in [2.75, 3.05) is 0 Å². The summed E-state index contributed by atoms with van der Waals surface area (Å²) in [6, 6.07) is 0. The molecule has 0 radical (unpaired) electrons. The van der Waals surface area contributed by atoms with Crippen molar-refractivity contribution >= 4 is 11.6 Å². The van der Waals surface area contributed by atoms with Crippen LogP contribution < -0.4 is 5.73 Å². The molecule has 0 amide bonds. The standard InChI is InChI=1S/C9H14ClN/c1-4-6-9(10)8(5-2)7(3)11/h5-6H,3-4,11H2,1-2H3/b8-5-,9-6+. The highest BCUT2D eigenvalue weighted by molar-refractivity contribution is 6.32. The van der Waals surface area contributed by atoms with E-state index in [0.717, 1.165) is 12.0 Å². The van der Waals surface area contributed by atoms with Gasteiger partial charge in [-0.15, -0.1) is 0 Å². The van der Waals surface area contributed by atoms with Gasteiger partial charge in [-0.05, 0) is 13.3 Å². The smallest absolute Gasteiger partial charge is 0.0455 e. The maximum absolute atomic E-state index is 5.89. The average molecular weight is 172 g/mol. The first-order valence-electron chi connectivity index (χ1n) is 3.60. The summed E-state index contributed by atoms with van der Waals surface area (Å²) < 4.78 is 0. The molecular formula is C9H14ClN. The van der Waals surface area contributed by atoms with E-state index in [0.29, 0.717) is 10.7 Å². The summed E-state index contributed by atoms with van der Waals surface area (Å²) >= 11 is 5.89. The highest BCUT2D eigenvalue weighted by Gasteiger charge is 2.00. The molecule has 0 fully saturated rings. The number of allylic oxidation sites excluding steroid dienone is 3. The number of halogens is 1. The van der Waals surface area contributed by atoms with Crippen molar-refractivity contribution in [2.24, 2.45) is 5.73 Å². The van der Waals surface area contributed by atoms with E-state index >= 15 is 0 Å². The van der Waals surface area contributed by atoms with Gasteiger partial charge in [-0.3, -0.25) is 0 Å². The molecule has 0 saturated heterocycles. The van der Waals surface area contributed by atoms with Crippen molar-refractivity contribution in [3.63, 3.8) is 0 Å². The van der Waals surface area contributed by atoms with E-state index in [2.05, 4.69) is 6.58 Å². The second-order valence-electron chi connectivity index (χ2n) is 2.19. The zero-order chi connectivity index (χ0) is 8.85. The Bertz CT molecular complexity index is 202. The molecule has 0 saturated carbocycles. The Labute approximate surface area is 73.2 Å². The molecule has 0 bridgehead atoms. The Balaban J connectivity index is 4.54. The number of rotatable bonds is 3. The van der Waals surface area contributed by atoms with E-state index in [-0.39, 0.29) is 0 Å². The van der Waals surface area contributed by atoms with Crippen LogP contribution in [0.15, 0.2) is 35.0 Å². The largest absolute Gasteiger partial charge is 0.399 e. The summed E-state index contributed by atoms with van der Waals surface area (Å²) in [6.45, 7) is 7.52. The molecule has 0 aromatic rings. The molecule has 0 heterocycles. The normalized spacial score (nSPS) is 13.4. The van der Waals surface area contributed by atoms with Crippen molar-refractivity contribution in [2.45, 2.75) is 20.3 Å². The molecule has 0 aliphatic carbocycles. The first kappa shape index (κ1) is 10.3. The molecule has 0 aromatic carbocycles. The van der Waals surface area contributed by atoms with E-state index in [4.69, 9.17) is 17.3 Å². The van der Waals surface area contributed by atoms with Crippen LogP contribution in [0.1, 0.15) is 20.3 Å². The SMILES string of the molecule is C=C(N)C(=C/C)/C(Cl)=C\CC. The number of hydrogen-bond donors (Lipinski definition) is 1. The molecule has 0 aliphatic heterocycles. The van der Waals surface area contributed by atoms with Crippen LogP contribution in [0.3, 0.4) is 0 Å². The van der Waals surface area contributed by atoms with Crippen LogP contribution in [-0.4, -0.2) is 0 Å². The van der Waals surface area contributed by atoms with Gasteiger partial charge in [-0.1, -0.05) is 37.3 Å². The van der Waals surface area contributed by atoms with Crippen LogP contribution in [0.5, 0.6) is 0 Å². The minimum atomic E-state index is 0.516. The predicted octanol–water partition coefficient (Wildman–Crippen LogP) is 2.94. The Hall–Kier alpha value is -0.690. The fraction of sp³-hybridized carbons (Fsp3) is 0.333. The number of nitrogens with two attached hydrogens (primary N) is 1. The molecule has 1 nitrogen and oxygen atoms in total. The first-order valence-corrected chi connectivity index (χ1v) is 3.98. The molecule has 2 heteroatoms. The fourth-order valence-electron chi connectivity index (χ4n) is 0.766. The van der Waals surface area contributed by atoms with Crippen LogP contribution in [-0.2, 0) is 0 Å². The van der Waals surface area contributed by atoms with Gasteiger partial charge in [-0.2, -0.15) is 0 Å². The van der Waals surface area contributed by atoms with Gasteiger partial charge in [0.2, 0.25) is 0 Å². The van der Waals surface area contributed by atoms with Crippen molar-refractivity contribution in [1.29, 1.82) is 0 Å². The Morgan fingerprint density at radius 3 is 2.45 bits per heavy atom. The van der Waals surface area contributed by atoms with Crippen LogP contribution in [0.2, 0.25) is 0 Å². The Morgan fingerprint density at radius 2 is 2.18 bits per heavy atom. The second kappa shape index (κ2) is 5.03. The Kier molecular flexibility index (Phi) is 4.71. The maximum atomic E-state index is 5.89. The quantitative estimate of drug-likeness (QED) is 0.650. The van der Waals surface area contributed by atoms with E-state index in [1.165, 1.54) is 0 Å². The van der Waals surface area contributed by atoms with Crippen molar-refractivity contribution in [3.05, 3.63) is 35.0 Å². The summed E-state index contributed by atoms with van der Waals surface area (Å²) in [7, 11) is 0. The summed E-state index contributed by atoms with van der Waals surface area (Å²) in [6.07, 6.45) is 4.68. The maximum Gasteiger partial charge on any atom is 0.0455 e. The van der Waals surface area contributed by atoms with Crippen LogP contribution >= 0.6 is 11.6 Å². The van der Waals surface area contributed by atoms with E-state index in [1.54, 1.807) is 0 Å². The van der Waals surface area contributed by atoms with E-state index in [9.17, 15) is 0 Å². The lowest BCUT2D eigenvalue weighted by atomic mass is 10.2. The molecule has 0 unspecified atom stereocenters. The molecule has 62 valence electrons. The van der Waals surface area contributed by atoms with Gasteiger partial charge in [-0.25, -0.2) is 0 Å². The van der Waals surface area contributed by atoms with Gasteiger partial charge in [0.15, 0.2) is 0 Å². The number of hydrogen-bond acceptors (Lipinski definition) is 1. The molecule has 0 atom stereocenters. The van der Waals surface area contributed by atoms with Gasteiger partial charge < -0.3 is 5.73 Å². The average Bonchev–Trinajstić information content (AvgIpc) is 1.88. The van der Waals surface area contributed by atoms with E-state index in [1.807, 2.05) is 26.0 Å². The monoisotopic (exact) mass is 171 g/mol. The molecule has 0 aromatic heterocycles. The van der Waals surface area contributed by atoms with Gasteiger partial charge in [0.05, 0.1) is 0 Å². The van der Waals surface area contributed by atoms with Crippen LogP contribution in [0.25, 0.3) is 0 Å². The minimum absolute atomic E-state index is 0.516. The zero-order valence-corrected chi connectivity index (χ0v) is 7.78. The summed E-state index contributed by atoms with van der Waals surface area (Å²) in [5.41, 5.74) is 6.83. The first-order chi connectivity index (χ1) is 5.13. The highest BCUT2D eigenvalue weighted by Crippen LogP contribution is 2.18. The highest BCUT2D eigenvalue weighted by atomic mass is 35.5. The lowest BCUT2D eigenvalue weighted by Gasteiger charge is -2.03.